The molecule has 112 valence electrons. The molecule has 2 nitrogen and oxygen atoms in total. The first-order chi connectivity index (χ1) is 9.95. The Balaban J connectivity index is 1.77. The summed E-state index contributed by atoms with van der Waals surface area (Å²) in [6.07, 6.45) is 12.8. The fraction of sp³-hybridized carbons (Fsp3) is 0.684. The van der Waals surface area contributed by atoms with Crippen LogP contribution in [0.25, 0.3) is 0 Å². The van der Waals surface area contributed by atoms with Crippen LogP contribution in [-0.4, -0.2) is 11.5 Å². The molecule has 0 heterocycles. The van der Waals surface area contributed by atoms with Crippen molar-refractivity contribution < 1.29 is 4.79 Å². The lowest BCUT2D eigenvalue weighted by Gasteiger charge is -2.54. The molecular formula is C19H25NO. The zero-order valence-corrected chi connectivity index (χ0v) is 13.1. The topological polar surface area (TPSA) is 40.9 Å². The van der Waals surface area contributed by atoms with Crippen molar-refractivity contribution in [1.29, 1.82) is 5.41 Å². The molecule has 4 rings (SSSR count). The van der Waals surface area contributed by atoms with Gasteiger partial charge in [-0.1, -0.05) is 26.0 Å². The molecule has 0 saturated heterocycles. The molecule has 5 unspecified atom stereocenters. The van der Waals surface area contributed by atoms with Crippen molar-refractivity contribution in [3.63, 3.8) is 0 Å². The van der Waals surface area contributed by atoms with Crippen LogP contribution in [0.4, 0.5) is 0 Å². The fourth-order valence-corrected chi connectivity index (χ4v) is 5.81. The molecule has 0 aliphatic heterocycles. The maximum Gasteiger partial charge on any atom is 0.156 e. The number of ketones is 1. The van der Waals surface area contributed by atoms with Gasteiger partial charge in [-0.25, -0.2) is 0 Å². The Bertz CT molecular complexity index is 586. The van der Waals surface area contributed by atoms with Gasteiger partial charge in [0.25, 0.3) is 0 Å². The summed E-state index contributed by atoms with van der Waals surface area (Å²) in [6.45, 7) is 4.71. The summed E-state index contributed by atoms with van der Waals surface area (Å²) in [5.74, 6) is 2.23. The van der Waals surface area contributed by atoms with Crippen LogP contribution in [-0.2, 0) is 4.79 Å². The van der Waals surface area contributed by atoms with Crippen LogP contribution in [0.15, 0.2) is 23.8 Å². The Kier molecular flexibility index (Phi) is 2.68. The molecule has 21 heavy (non-hydrogen) atoms. The van der Waals surface area contributed by atoms with Gasteiger partial charge in [-0.3, -0.25) is 4.79 Å². The second-order valence-corrected chi connectivity index (χ2v) is 8.11. The summed E-state index contributed by atoms with van der Waals surface area (Å²) >= 11 is 0. The summed E-state index contributed by atoms with van der Waals surface area (Å²) in [5.41, 5.74) is 2.61. The minimum absolute atomic E-state index is 0.146. The quantitative estimate of drug-likeness (QED) is 0.707. The molecule has 0 aromatic carbocycles. The van der Waals surface area contributed by atoms with Crippen molar-refractivity contribution in [2.45, 2.75) is 52.4 Å². The monoisotopic (exact) mass is 283 g/mol. The number of fused-ring (bicyclic) bond motifs is 5. The van der Waals surface area contributed by atoms with E-state index in [0.29, 0.717) is 23.5 Å². The van der Waals surface area contributed by atoms with Crippen LogP contribution in [0, 0.1) is 34.0 Å². The molecule has 0 aromatic heterocycles. The van der Waals surface area contributed by atoms with E-state index in [1.54, 1.807) is 0 Å². The smallest absolute Gasteiger partial charge is 0.156 e. The molecule has 0 radical (unpaired) electrons. The van der Waals surface area contributed by atoms with Crippen LogP contribution in [0.5, 0.6) is 0 Å². The van der Waals surface area contributed by atoms with Crippen molar-refractivity contribution in [2.24, 2.45) is 28.6 Å². The highest BCUT2D eigenvalue weighted by Crippen LogP contribution is 2.62. The Morgan fingerprint density at radius 1 is 1.10 bits per heavy atom. The van der Waals surface area contributed by atoms with Gasteiger partial charge in [0.15, 0.2) is 5.78 Å². The highest BCUT2D eigenvalue weighted by Gasteiger charge is 2.56. The minimum Gasteiger partial charge on any atom is -0.309 e. The van der Waals surface area contributed by atoms with Crippen molar-refractivity contribution in [3.8, 4) is 0 Å². The summed E-state index contributed by atoms with van der Waals surface area (Å²) in [5, 5.41) is 8.35. The van der Waals surface area contributed by atoms with Gasteiger partial charge >= 0.3 is 0 Å². The molecule has 2 heteroatoms. The van der Waals surface area contributed by atoms with E-state index >= 15 is 0 Å². The van der Waals surface area contributed by atoms with Crippen LogP contribution in [0.1, 0.15) is 52.4 Å². The number of hydrogen-bond acceptors (Lipinski definition) is 2. The standard InChI is InChI=1S/C19H25NO/c1-18-9-7-13(21)11-12(18)3-4-14-15-5-6-17(20)19(15,2)10-8-16(14)18/h3-4,11,14-16,20H,5-10H2,1-2H3. The summed E-state index contributed by atoms with van der Waals surface area (Å²) in [4.78, 5) is 11.8. The van der Waals surface area contributed by atoms with E-state index in [1.165, 1.54) is 24.8 Å². The second kappa shape index (κ2) is 4.18. The predicted octanol–water partition coefficient (Wildman–Crippen LogP) is 4.31. The first-order valence-corrected chi connectivity index (χ1v) is 8.46. The Labute approximate surface area is 127 Å². The third-order valence-electron chi connectivity index (χ3n) is 7.30. The number of hydrogen-bond donors (Lipinski definition) is 1. The van der Waals surface area contributed by atoms with E-state index in [2.05, 4.69) is 26.0 Å². The van der Waals surface area contributed by atoms with Crippen LogP contribution < -0.4 is 0 Å². The van der Waals surface area contributed by atoms with E-state index in [4.69, 9.17) is 5.41 Å². The normalized spacial score (nSPS) is 48.5. The SMILES string of the molecule is CC12CCC3C(C=CC4=CC(=O)CCC43C)C1CCC2=N. The number of carbonyl (C=O) groups is 1. The molecule has 0 bridgehead atoms. The predicted molar refractivity (Wildman–Crippen MR) is 84.3 cm³/mol. The largest absolute Gasteiger partial charge is 0.309 e. The van der Waals surface area contributed by atoms with Crippen molar-refractivity contribution in [3.05, 3.63) is 23.8 Å². The molecule has 0 amide bonds. The van der Waals surface area contributed by atoms with Gasteiger partial charge in [-0.2, -0.15) is 0 Å². The van der Waals surface area contributed by atoms with E-state index in [-0.39, 0.29) is 10.8 Å². The molecule has 2 saturated carbocycles. The molecule has 4 aliphatic carbocycles. The van der Waals surface area contributed by atoms with Crippen molar-refractivity contribution >= 4 is 11.5 Å². The summed E-state index contributed by atoms with van der Waals surface area (Å²) < 4.78 is 0. The summed E-state index contributed by atoms with van der Waals surface area (Å²) in [6, 6.07) is 0. The Morgan fingerprint density at radius 3 is 2.67 bits per heavy atom. The average Bonchev–Trinajstić information content (AvgIpc) is 2.76. The minimum atomic E-state index is 0.146. The van der Waals surface area contributed by atoms with Crippen LogP contribution >= 0.6 is 0 Å². The van der Waals surface area contributed by atoms with E-state index in [0.717, 1.165) is 25.0 Å². The van der Waals surface area contributed by atoms with Crippen molar-refractivity contribution in [2.75, 3.05) is 0 Å². The van der Waals surface area contributed by atoms with Gasteiger partial charge in [0.05, 0.1) is 0 Å². The van der Waals surface area contributed by atoms with E-state index < -0.39 is 0 Å². The van der Waals surface area contributed by atoms with E-state index in [1.807, 2.05) is 6.08 Å². The van der Waals surface area contributed by atoms with Crippen LogP contribution in [0.2, 0.25) is 0 Å². The average molecular weight is 283 g/mol. The Hall–Kier alpha value is -1.18. The molecule has 0 spiro atoms. The number of allylic oxidation sites excluding steroid dienone is 4. The zero-order chi connectivity index (χ0) is 14.8. The third-order valence-corrected chi connectivity index (χ3v) is 7.30. The number of rotatable bonds is 0. The maximum absolute atomic E-state index is 11.8. The first-order valence-electron chi connectivity index (χ1n) is 8.46. The van der Waals surface area contributed by atoms with Crippen LogP contribution in [0.3, 0.4) is 0 Å². The summed E-state index contributed by atoms with van der Waals surface area (Å²) in [7, 11) is 0. The lowest BCUT2D eigenvalue weighted by atomic mass is 9.49. The molecule has 4 aliphatic rings. The van der Waals surface area contributed by atoms with Gasteiger partial charge in [0.1, 0.15) is 0 Å². The van der Waals surface area contributed by atoms with Gasteiger partial charge in [0, 0.05) is 17.5 Å². The highest BCUT2D eigenvalue weighted by atomic mass is 16.1. The van der Waals surface area contributed by atoms with Gasteiger partial charge < -0.3 is 5.41 Å². The Morgan fingerprint density at radius 2 is 1.86 bits per heavy atom. The van der Waals surface area contributed by atoms with E-state index in [9.17, 15) is 4.79 Å². The highest BCUT2D eigenvalue weighted by molar-refractivity contribution is 5.92. The van der Waals surface area contributed by atoms with Gasteiger partial charge in [0.2, 0.25) is 0 Å². The van der Waals surface area contributed by atoms with Gasteiger partial charge in [-0.05, 0) is 66.9 Å². The molecule has 0 aromatic rings. The molecule has 1 N–H and O–H groups in total. The molecule has 2 fully saturated rings. The molecular weight excluding hydrogens is 258 g/mol. The first kappa shape index (κ1) is 13.5. The second-order valence-electron chi connectivity index (χ2n) is 8.11. The number of nitrogens with one attached hydrogen (secondary N) is 1. The molecule has 5 atom stereocenters. The lowest BCUT2D eigenvalue weighted by Crippen LogP contribution is -2.48. The zero-order valence-electron chi connectivity index (χ0n) is 13.1. The van der Waals surface area contributed by atoms with Gasteiger partial charge in [-0.15, -0.1) is 0 Å². The number of carbonyl (C=O) groups excluding carboxylic acids is 1. The third kappa shape index (κ3) is 1.65. The lowest BCUT2D eigenvalue weighted by molar-refractivity contribution is -0.116. The fourth-order valence-electron chi connectivity index (χ4n) is 5.81. The van der Waals surface area contributed by atoms with Crippen molar-refractivity contribution in [1.82, 2.24) is 0 Å². The maximum atomic E-state index is 11.8.